The van der Waals surface area contributed by atoms with Crippen LogP contribution in [0.2, 0.25) is 0 Å². The zero-order valence-electron chi connectivity index (χ0n) is 10.5. The van der Waals surface area contributed by atoms with E-state index in [9.17, 15) is 13.2 Å². The molecule has 0 aliphatic rings. The minimum atomic E-state index is -3.06. The van der Waals surface area contributed by atoms with Crippen molar-refractivity contribution in [2.45, 2.75) is 25.3 Å². The first-order valence-corrected chi connectivity index (χ1v) is 7.94. The molecule has 0 spiro atoms. The molecule has 5 heteroatoms. The smallest absolute Gasteiger partial charge is 0.147 e. The van der Waals surface area contributed by atoms with Crippen LogP contribution in [0.15, 0.2) is 30.3 Å². The van der Waals surface area contributed by atoms with Crippen LogP contribution in [0.5, 0.6) is 0 Å². The van der Waals surface area contributed by atoms with Gasteiger partial charge in [0.2, 0.25) is 0 Å². The Morgan fingerprint density at radius 1 is 1.22 bits per heavy atom. The fourth-order valence-corrected chi connectivity index (χ4v) is 2.21. The monoisotopic (exact) mass is 269 g/mol. The first kappa shape index (κ1) is 14.9. The van der Waals surface area contributed by atoms with Gasteiger partial charge in [0.15, 0.2) is 0 Å². The third kappa shape index (κ3) is 5.93. The summed E-state index contributed by atoms with van der Waals surface area (Å²) < 4.78 is 21.8. The highest BCUT2D eigenvalue weighted by Crippen LogP contribution is 2.15. The molecular formula is C13H19NO3S. The summed E-state index contributed by atoms with van der Waals surface area (Å²) >= 11 is 0. The predicted octanol–water partition coefficient (Wildman–Crippen LogP) is 1.47. The number of carbonyl (C=O) groups excluding carboxylic acids is 1. The lowest BCUT2D eigenvalue weighted by Crippen LogP contribution is -2.14. The third-order valence-corrected chi connectivity index (χ3v) is 3.66. The molecule has 100 valence electrons. The summed E-state index contributed by atoms with van der Waals surface area (Å²) in [6, 6.07) is 9.39. The number of carbonyl (C=O) groups is 1. The number of ketones is 1. The van der Waals surface area contributed by atoms with Crippen LogP contribution in [0, 0.1) is 0 Å². The van der Waals surface area contributed by atoms with Crippen molar-refractivity contribution in [2.24, 2.45) is 5.73 Å². The molecule has 0 saturated heterocycles. The van der Waals surface area contributed by atoms with Gasteiger partial charge in [0, 0.05) is 25.1 Å². The summed E-state index contributed by atoms with van der Waals surface area (Å²) in [5.74, 6) is -0.126. The van der Waals surface area contributed by atoms with Gasteiger partial charge in [0.25, 0.3) is 0 Å². The van der Waals surface area contributed by atoms with Crippen molar-refractivity contribution in [1.82, 2.24) is 0 Å². The van der Waals surface area contributed by atoms with Crippen molar-refractivity contribution in [1.29, 1.82) is 0 Å². The van der Waals surface area contributed by atoms with Crippen LogP contribution in [0.25, 0.3) is 0 Å². The zero-order valence-corrected chi connectivity index (χ0v) is 11.3. The quantitative estimate of drug-likeness (QED) is 0.813. The van der Waals surface area contributed by atoms with E-state index in [-0.39, 0.29) is 24.0 Å². The minimum absolute atomic E-state index is 0.0493. The van der Waals surface area contributed by atoms with Crippen molar-refractivity contribution in [3.63, 3.8) is 0 Å². The van der Waals surface area contributed by atoms with E-state index >= 15 is 0 Å². The van der Waals surface area contributed by atoms with E-state index in [4.69, 9.17) is 5.73 Å². The molecule has 1 atom stereocenters. The Hall–Kier alpha value is -1.20. The van der Waals surface area contributed by atoms with Gasteiger partial charge in [-0.3, -0.25) is 4.79 Å². The van der Waals surface area contributed by atoms with E-state index in [1.807, 2.05) is 30.3 Å². The Labute approximate surface area is 108 Å². The lowest BCUT2D eigenvalue weighted by atomic mass is 10.0. The summed E-state index contributed by atoms with van der Waals surface area (Å²) in [4.78, 5) is 11.5. The highest BCUT2D eigenvalue weighted by molar-refractivity contribution is 7.90. The molecule has 0 saturated carbocycles. The van der Waals surface area contributed by atoms with Gasteiger partial charge in [-0.2, -0.15) is 0 Å². The maximum atomic E-state index is 11.5. The number of rotatable bonds is 7. The highest BCUT2D eigenvalue weighted by Gasteiger charge is 2.11. The molecule has 4 nitrogen and oxygen atoms in total. The third-order valence-electron chi connectivity index (χ3n) is 2.71. The first-order chi connectivity index (χ1) is 8.38. The second kappa shape index (κ2) is 6.66. The van der Waals surface area contributed by atoms with E-state index in [0.29, 0.717) is 12.8 Å². The van der Waals surface area contributed by atoms with Crippen LogP contribution < -0.4 is 5.73 Å². The second-order valence-electron chi connectivity index (χ2n) is 4.47. The van der Waals surface area contributed by atoms with Crippen LogP contribution in [-0.4, -0.2) is 26.2 Å². The number of benzene rings is 1. The predicted molar refractivity (Wildman–Crippen MR) is 71.9 cm³/mol. The molecule has 0 bridgehead atoms. The fourth-order valence-electron chi connectivity index (χ4n) is 1.61. The SMILES string of the molecule is CS(=O)(=O)CCC(=O)CCC(N)c1ccccc1. The molecule has 2 N–H and O–H groups in total. The van der Waals surface area contributed by atoms with Crippen LogP contribution in [0.4, 0.5) is 0 Å². The van der Waals surface area contributed by atoms with Crippen LogP contribution in [-0.2, 0) is 14.6 Å². The lowest BCUT2D eigenvalue weighted by Gasteiger charge is -2.11. The number of sulfone groups is 1. The number of hydrogen-bond donors (Lipinski definition) is 1. The zero-order chi connectivity index (χ0) is 13.6. The second-order valence-corrected chi connectivity index (χ2v) is 6.73. The Bertz CT molecular complexity index is 482. The Balaban J connectivity index is 2.35. The van der Waals surface area contributed by atoms with E-state index in [1.54, 1.807) is 0 Å². The number of Topliss-reactive ketones (excluding diaryl/α,β-unsaturated/α-hetero) is 1. The molecule has 1 aromatic rings. The van der Waals surface area contributed by atoms with Crippen molar-refractivity contribution < 1.29 is 13.2 Å². The van der Waals surface area contributed by atoms with Gasteiger partial charge in [0.05, 0.1) is 5.75 Å². The molecule has 0 aromatic heterocycles. The van der Waals surface area contributed by atoms with Crippen molar-refractivity contribution in [3.8, 4) is 0 Å². The van der Waals surface area contributed by atoms with Crippen molar-refractivity contribution >= 4 is 15.6 Å². The summed E-state index contributed by atoms with van der Waals surface area (Å²) in [7, 11) is -3.06. The topological polar surface area (TPSA) is 77.2 Å². The normalized spacial score (nSPS) is 13.2. The Morgan fingerprint density at radius 2 is 1.83 bits per heavy atom. The lowest BCUT2D eigenvalue weighted by molar-refractivity contribution is -0.118. The first-order valence-electron chi connectivity index (χ1n) is 5.88. The molecule has 1 aromatic carbocycles. The van der Waals surface area contributed by atoms with E-state index in [2.05, 4.69) is 0 Å². The van der Waals surface area contributed by atoms with Gasteiger partial charge in [-0.15, -0.1) is 0 Å². The summed E-state index contributed by atoms with van der Waals surface area (Å²) in [5, 5.41) is 0. The largest absolute Gasteiger partial charge is 0.324 e. The summed E-state index contributed by atoms with van der Waals surface area (Å²) in [6.45, 7) is 0. The van der Waals surface area contributed by atoms with E-state index in [0.717, 1.165) is 11.8 Å². The van der Waals surface area contributed by atoms with Gasteiger partial charge in [-0.05, 0) is 12.0 Å². The average Bonchev–Trinajstić information content (AvgIpc) is 2.33. The highest BCUT2D eigenvalue weighted by atomic mass is 32.2. The van der Waals surface area contributed by atoms with Gasteiger partial charge < -0.3 is 5.73 Å². The molecular weight excluding hydrogens is 250 g/mol. The van der Waals surface area contributed by atoms with E-state index < -0.39 is 9.84 Å². The molecule has 0 aliphatic heterocycles. The molecule has 1 rings (SSSR count). The summed E-state index contributed by atoms with van der Waals surface area (Å²) in [5.41, 5.74) is 6.95. The Kier molecular flexibility index (Phi) is 5.50. The standard InChI is InChI=1S/C13H19NO3S/c1-18(16,17)10-9-12(15)7-8-13(14)11-5-3-2-4-6-11/h2-6,13H,7-10,14H2,1H3. The molecule has 18 heavy (non-hydrogen) atoms. The maximum Gasteiger partial charge on any atom is 0.147 e. The molecule has 0 fully saturated rings. The van der Waals surface area contributed by atoms with Crippen molar-refractivity contribution in [2.75, 3.05) is 12.0 Å². The van der Waals surface area contributed by atoms with Crippen LogP contribution >= 0.6 is 0 Å². The van der Waals surface area contributed by atoms with Gasteiger partial charge >= 0.3 is 0 Å². The minimum Gasteiger partial charge on any atom is -0.324 e. The molecule has 0 heterocycles. The van der Waals surface area contributed by atoms with Crippen molar-refractivity contribution in [3.05, 3.63) is 35.9 Å². The Morgan fingerprint density at radius 3 is 2.39 bits per heavy atom. The molecule has 1 unspecified atom stereocenters. The molecule has 0 radical (unpaired) electrons. The van der Waals surface area contributed by atoms with Gasteiger partial charge in [0.1, 0.15) is 15.6 Å². The summed E-state index contributed by atoms with van der Waals surface area (Å²) in [6.07, 6.45) is 2.09. The van der Waals surface area contributed by atoms with E-state index in [1.165, 1.54) is 0 Å². The maximum absolute atomic E-state index is 11.5. The number of nitrogens with two attached hydrogens (primary N) is 1. The van der Waals surface area contributed by atoms with Crippen LogP contribution in [0.1, 0.15) is 30.9 Å². The number of hydrogen-bond acceptors (Lipinski definition) is 4. The van der Waals surface area contributed by atoms with Crippen LogP contribution in [0.3, 0.4) is 0 Å². The van der Waals surface area contributed by atoms with Gasteiger partial charge in [-0.25, -0.2) is 8.42 Å². The molecule has 0 amide bonds. The fraction of sp³-hybridized carbons (Fsp3) is 0.462. The van der Waals surface area contributed by atoms with Gasteiger partial charge in [-0.1, -0.05) is 30.3 Å². The average molecular weight is 269 g/mol. The molecule has 0 aliphatic carbocycles.